The van der Waals surface area contributed by atoms with Gasteiger partial charge >= 0.3 is 0 Å². The van der Waals surface area contributed by atoms with Gasteiger partial charge in [-0.05, 0) is 6.07 Å². The number of hydrogen-bond acceptors (Lipinski definition) is 7. The molecule has 0 amide bonds. The lowest BCUT2D eigenvalue weighted by Crippen LogP contribution is -2.03. The molecule has 0 aliphatic carbocycles. The Kier molecular flexibility index (Phi) is 3.58. The summed E-state index contributed by atoms with van der Waals surface area (Å²) in [5.41, 5.74) is 6.38. The first-order valence-electron chi connectivity index (χ1n) is 5.55. The summed E-state index contributed by atoms with van der Waals surface area (Å²) in [6, 6.07) is 2.91. The molecule has 1 aromatic heterocycles. The van der Waals surface area contributed by atoms with E-state index in [4.69, 9.17) is 19.7 Å². The standard InChI is InChI=1S/C12H14N2O5S/c1-17-9-4-7(8-6-14-19-12(8)13)11(20(3,15)16)5-10(9)18-2/h4-6H,13H2,1-3H3. The molecular formula is C12H14N2O5S. The Morgan fingerprint density at radius 3 is 2.20 bits per heavy atom. The van der Waals surface area contributed by atoms with Crippen molar-refractivity contribution in [3.8, 4) is 22.6 Å². The van der Waals surface area contributed by atoms with Crippen molar-refractivity contribution in [3.05, 3.63) is 18.3 Å². The van der Waals surface area contributed by atoms with Crippen LogP contribution >= 0.6 is 0 Å². The van der Waals surface area contributed by atoms with Gasteiger partial charge in [-0.1, -0.05) is 5.16 Å². The van der Waals surface area contributed by atoms with E-state index < -0.39 is 9.84 Å². The van der Waals surface area contributed by atoms with Crippen LogP contribution in [0, 0.1) is 0 Å². The minimum Gasteiger partial charge on any atom is -0.493 e. The summed E-state index contributed by atoms with van der Waals surface area (Å²) in [6.45, 7) is 0. The summed E-state index contributed by atoms with van der Waals surface area (Å²) in [4.78, 5) is 0.0602. The third-order valence-electron chi connectivity index (χ3n) is 2.77. The number of aromatic nitrogens is 1. The van der Waals surface area contributed by atoms with E-state index >= 15 is 0 Å². The molecule has 20 heavy (non-hydrogen) atoms. The van der Waals surface area contributed by atoms with Gasteiger partial charge in [-0.3, -0.25) is 0 Å². The van der Waals surface area contributed by atoms with Gasteiger partial charge in [-0.25, -0.2) is 8.42 Å². The van der Waals surface area contributed by atoms with Crippen LogP contribution in [-0.2, 0) is 9.84 Å². The van der Waals surface area contributed by atoms with Gasteiger partial charge in [0.15, 0.2) is 21.3 Å². The van der Waals surface area contributed by atoms with E-state index in [1.165, 1.54) is 32.5 Å². The molecule has 2 rings (SSSR count). The maximum absolute atomic E-state index is 11.9. The van der Waals surface area contributed by atoms with E-state index in [0.29, 0.717) is 22.6 Å². The van der Waals surface area contributed by atoms with Crippen LogP contribution in [0.5, 0.6) is 11.5 Å². The molecule has 108 valence electrons. The highest BCUT2D eigenvalue weighted by atomic mass is 32.2. The van der Waals surface area contributed by atoms with Crippen molar-refractivity contribution in [3.63, 3.8) is 0 Å². The van der Waals surface area contributed by atoms with Crippen molar-refractivity contribution in [2.45, 2.75) is 4.90 Å². The van der Waals surface area contributed by atoms with Gasteiger partial charge in [0, 0.05) is 17.9 Å². The van der Waals surface area contributed by atoms with Gasteiger partial charge in [0.25, 0.3) is 0 Å². The summed E-state index contributed by atoms with van der Waals surface area (Å²) < 4.78 is 38.9. The van der Waals surface area contributed by atoms with Crippen LogP contribution in [-0.4, -0.2) is 34.0 Å². The van der Waals surface area contributed by atoms with Crippen LogP contribution in [0.4, 0.5) is 5.88 Å². The second-order valence-electron chi connectivity index (χ2n) is 4.08. The molecule has 0 spiro atoms. The van der Waals surface area contributed by atoms with Crippen LogP contribution in [0.1, 0.15) is 0 Å². The lowest BCUT2D eigenvalue weighted by Gasteiger charge is -2.13. The van der Waals surface area contributed by atoms with Crippen LogP contribution in [0.25, 0.3) is 11.1 Å². The van der Waals surface area contributed by atoms with E-state index in [1.54, 1.807) is 0 Å². The summed E-state index contributed by atoms with van der Waals surface area (Å²) in [5.74, 6) is 0.726. The molecule has 1 heterocycles. The first-order valence-corrected chi connectivity index (χ1v) is 7.44. The predicted molar refractivity (Wildman–Crippen MR) is 72.6 cm³/mol. The largest absolute Gasteiger partial charge is 0.493 e. The van der Waals surface area contributed by atoms with Gasteiger partial charge in [-0.2, -0.15) is 0 Å². The third kappa shape index (κ3) is 2.42. The fourth-order valence-electron chi connectivity index (χ4n) is 1.83. The third-order valence-corrected chi connectivity index (χ3v) is 3.91. The van der Waals surface area contributed by atoms with Crippen molar-refractivity contribution in [1.82, 2.24) is 5.16 Å². The summed E-state index contributed by atoms with van der Waals surface area (Å²) in [5, 5.41) is 3.55. The number of nitrogens with two attached hydrogens (primary N) is 1. The molecule has 8 heteroatoms. The Bertz CT molecular complexity index is 736. The molecule has 0 saturated carbocycles. The molecule has 0 aliphatic rings. The number of sulfone groups is 1. The number of anilines is 1. The number of nitrogen functional groups attached to an aromatic ring is 1. The van der Waals surface area contributed by atoms with Crippen LogP contribution in [0.2, 0.25) is 0 Å². The Morgan fingerprint density at radius 1 is 1.15 bits per heavy atom. The maximum Gasteiger partial charge on any atom is 0.229 e. The number of ether oxygens (including phenoxy) is 2. The Balaban J connectivity index is 2.81. The van der Waals surface area contributed by atoms with Gasteiger partial charge < -0.3 is 19.7 Å². The molecule has 2 N–H and O–H groups in total. The first-order chi connectivity index (χ1) is 9.38. The minimum absolute atomic E-state index is 0.0297. The van der Waals surface area contributed by atoms with E-state index in [0.717, 1.165) is 6.26 Å². The monoisotopic (exact) mass is 298 g/mol. The average Bonchev–Trinajstić information content (AvgIpc) is 2.82. The molecular weight excluding hydrogens is 284 g/mol. The highest BCUT2D eigenvalue weighted by Crippen LogP contribution is 2.39. The predicted octanol–water partition coefficient (Wildman–Crippen LogP) is 1.34. The lowest BCUT2D eigenvalue weighted by molar-refractivity contribution is 0.354. The molecule has 0 atom stereocenters. The van der Waals surface area contributed by atoms with Gasteiger partial charge in [-0.15, -0.1) is 0 Å². The topological polar surface area (TPSA) is 105 Å². The van der Waals surface area contributed by atoms with Gasteiger partial charge in [0.2, 0.25) is 5.88 Å². The van der Waals surface area contributed by atoms with Crippen LogP contribution in [0.15, 0.2) is 27.7 Å². The van der Waals surface area contributed by atoms with Crippen LogP contribution in [0.3, 0.4) is 0 Å². The zero-order valence-corrected chi connectivity index (χ0v) is 12.0. The highest BCUT2D eigenvalue weighted by Gasteiger charge is 2.22. The SMILES string of the molecule is COc1cc(-c2cnoc2N)c(S(C)(=O)=O)cc1OC. The second kappa shape index (κ2) is 5.04. The van der Waals surface area contributed by atoms with E-state index in [-0.39, 0.29) is 10.8 Å². The maximum atomic E-state index is 11.9. The van der Waals surface area contributed by atoms with E-state index in [9.17, 15) is 8.42 Å². The minimum atomic E-state index is -3.49. The smallest absolute Gasteiger partial charge is 0.229 e. The van der Waals surface area contributed by atoms with Gasteiger partial charge in [0.05, 0.1) is 30.9 Å². The Hall–Kier alpha value is -2.22. The average molecular weight is 298 g/mol. The molecule has 2 aromatic rings. The van der Waals surface area contributed by atoms with Crippen molar-refractivity contribution in [2.75, 3.05) is 26.2 Å². The quantitative estimate of drug-likeness (QED) is 0.908. The lowest BCUT2D eigenvalue weighted by atomic mass is 10.1. The zero-order valence-electron chi connectivity index (χ0n) is 11.2. The van der Waals surface area contributed by atoms with E-state index in [1.807, 2.05) is 0 Å². The molecule has 0 aliphatic heterocycles. The summed E-state index contributed by atoms with van der Waals surface area (Å²) in [6.07, 6.45) is 2.45. The molecule has 1 aromatic carbocycles. The molecule has 0 bridgehead atoms. The molecule has 0 saturated heterocycles. The number of methoxy groups -OCH3 is 2. The Morgan fingerprint density at radius 2 is 1.75 bits per heavy atom. The summed E-state index contributed by atoms with van der Waals surface area (Å²) >= 11 is 0. The number of nitrogens with zero attached hydrogens (tertiary/aromatic N) is 1. The zero-order chi connectivity index (χ0) is 14.9. The number of benzene rings is 1. The van der Waals surface area contributed by atoms with Crippen molar-refractivity contribution < 1.29 is 22.4 Å². The molecule has 0 fully saturated rings. The first kappa shape index (κ1) is 14.2. The molecule has 7 nitrogen and oxygen atoms in total. The van der Waals surface area contributed by atoms with Crippen molar-refractivity contribution in [1.29, 1.82) is 0 Å². The number of rotatable bonds is 4. The second-order valence-corrected chi connectivity index (χ2v) is 6.06. The molecule has 0 unspecified atom stereocenters. The van der Waals surface area contributed by atoms with Crippen molar-refractivity contribution >= 4 is 15.7 Å². The normalized spacial score (nSPS) is 11.3. The fraction of sp³-hybridized carbons (Fsp3) is 0.250. The van der Waals surface area contributed by atoms with Crippen LogP contribution < -0.4 is 15.2 Å². The Labute approximate surface area is 116 Å². The fourth-order valence-corrected chi connectivity index (χ4v) is 2.72. The molecule has 0 radical (unpaired) electrons. The van der Waals surface area contributed by atoms with Gasteiger partial charge in [0.1, 0.15) is 0 Å². The highest BCUT2D eigenvalue weighted by molar-refractivity contribution is 7.90. The van der Waals surface area contributed by atoms with E-state index in [2.05, 4.69) is 5.16 Å². The number of hydrogen-bond donors (Lipinski definition) is 1. The summed E-state index contributed by atoms with van der Waals surface area (Å²) in [7, 11) is -0.609. The van der Waals surface area contributed by atoms with Crippen molar-refractivity contribution in [2.24, 2.45) is 0 Å².